The van der Waals surface area contributed by atoms with Crippen LogP contribution in [0.5, 0.6) is 0 Å². The standard InChI is InChI=1S/C20H20N4/c1-2-8-17-18-15-11-6-7-12-16(15)22-20(21)19(18)23-24(17)13-14-9-4-3-5-10-14/h3-7,9-12H,2,8,13H2,1H3,(H2,21,22). The van der Waals surface area contributed by atoms with Crippen molar-refractivity contribution in [3.63, 3.8) is 0 Å². The Balaban J connectivity index is 1.98. The van der Waals surface area contributed by atoms with Crippen LogP contribution in [0.15, 0.2) is 54.6 Å². The zero-order valence-electron chi connectivity index (χ0n) is 13.7. The Labute approximate surface area is 140 Å². The molecule has 0 amide bonds. The van der Waals surface area contributed by atoms with E-state index in [0.29, 0.717) is 5.82 Å². The Morgan fingerprint density at radius 1 is 1.00 bits per heavy atom. The number of benzene rings is 2. The molecule has 24 heavy (non-hydrogen) atoms. The summed E-state index contributed by atoms with van der Waals surface area (Å²) in [6, 6.07) is 18.6. The predicted molar refractivity (Wildman–Crippen MR) is 99.0 cm³/mol. The van der Waals surface area contributed by atoms with E-state index in [1.165, 1.54) is 11.3 Å². The number of nitrogen functional groups attached to an aromatic ring is 1. The third kappa shape index (κ3) is 2.40. The van der Waals surface area contributed by atoms with E-state index >= 15 is 0 Å². The van der Waals surface area contributed by atoms with E-state index in [1.807, 2.05) is 24.3 Å². The quantitative estimate of drug-likeness (QED) is 0.615. The summed E-state index contributed by atoms with van der Waals surface area (Å²) in [5.74, 6) is 0.507. The molecule has 120 valence electrons. The summed E-state index contributed by atoms with van der Waals surface area (Å²) in [6.07, 6.45) is 2.03. The topological polar surface area (TPSA) is 56.7 Å². The van der Waals surface area contributed by atoms with Crippen molar-refractivity contribution in [3.05, 3.63) is 65.9 Å². The molecule has 0 saturated heterocycles. The Morgan fingerprint density at radius 2 is 1.75 bits per heavy atom. The molecule has 0 bridgehead atoms. The molecule has 2 heterocycles. The maximum atomic E-state index is 6.21. The highest BCUT2D eigenvalue weighted by Gasteiger charge is 2.17. The van der Waals surface area contributed by atoms with E-state index in [2.05, 4.69) is 46.9 Å². The van der Waals surface area contributed by atoms with Gasteiger partial charge in [-0.2, -0.15) is 5.10 Å². The van der Waals surface area contributed by atoms with Gasteiger partial charge in [0.1, 0.15) is 5.52 Å². The van der Waals surface area contributed by atoms with Crippen molar-refractivity contribution in [1.29, 1.82) is 0 Å². The molecule has 4 heteroatoms. The Bertz CT molecular complexity index is 1000. The first-order valence-electron chi connectivity index (χ1n) is 8.35. The van der Waals surface area contributed by atoms with Crippen LogP contribution >= 0.6 is 0 Å². The fraction of sp³-hybridized carbons (Fsp3) is 0.200. The summed E-state index contributed by atoms with van der Waals surface area (Å²) in [5.41, 5.74) is 10.4. The maximum absolute atomic E-state index is 6.21. The van der Waals surface area contributed by atoms with E-state index in [9.17, 15) is 0 Å². The van der Waals surface area contributed by atoms with E-state index in [0.717, 1.165) is 41.2 Å². The molecule has 2 aromatic carbocycles. The first-order chi connectivity index (χ1) is 11.8. The second kappa shape index (κ2) is 5.96. The largest absolute Gasteiger partial charge is 0.382 e. The monoisotopic (exact) mass is 316 g/mol. The van der Waals surface area contributed by atoms with Gasteiger partial charge < -0.3 is 5.73 Å². The fourth-order valence-electron chi connectivity index (χ4n) is 3.30. The molecule has 0 unspecified atom stereocenters. The van der Waals surface area contributed by atoms with Crippen LogP contribution in [0.25, 0.3) is 21.8 Å². The van der Waals surface area contributed by atoms with Crippen LogP contribution in [0.3, 0.4) is 0 Å². The molecule has 0 aliphatic heterocycles. The number of anilines is 1. The number of hydrogen-bond acceptors (Lipinski definition) is 3. The summed E-state index contributed by atoms with van der Waals surface area (Å²) in [6.45, 7) is 2.94. The molecule has 0 atom stereocenters. The molecule has 0 saturated carbocycles. The van der Waals surface area contributed by atoms with E-state index < -0.39 is 0 Å². The Morgan fingerprint density at radius 3 is 2.54 bits per heavy atom. The molecule has 0 radical (unpaired) electrons. The minimum Gasteiger partial charge on any atom is -0.382 e. The van der Waals surface area contributed by atoms with E-state index in [-0.39, 0.29) is 0 Å². The molecule has 0 spiro atoms. The van der Waals surface area contributed by atoms with Crippen molar-refractivity contribution >= 4 is 27.6 Å². The Hall–Kier alpha value is -2.88. The third-order valence-corrected chi connectivity index (χ3v) is 4.38. The van der Waals surface area contributed by atoms with Crippen molar-refractivity contribution in [2.45, 2.75) is 26.3 Å². The molecule has 4 rings (SSSR count). The molecular weight excluding hydrogens is 296 g/mol. The average Bonchev–Trinajstić information content (AvgIpc) is 2.96. The number of para-hydroxylation sites is 1. The number of aromatic nitrogens is 3. The molecule has 0 aliphatic carbocycles. The molecule has 4 aromatic rings. The molecule has 2 aromatic heterocycles. The van der Waals surface area contributed by atoms with Crippen LogP contribution < -0.4 is 5.73 Å². The highest BCUT2D eigenvalue weighted by atomic mass is 15.3. The number of hydrogen-bond donors (Lipinski definition) is 1. The third-order valence-electron chi connectivity index (χ3n) is 4.38. The highest BCUT2D eigenvalue weighted by Crippen LogP contribution is 2.31. The van der Waals surface area contributed by atoms with Crippen LogP contribution in [-0.2, 0) is 13.0 Å². The Kier molecular flexibility index (Phi) is 3.65. The van der Waals surface area contributed by atoms with Crippen LogP contribution in [0.4, 0.5) is 5.82 Å². The summed E-state index contributed by atoms with van der Waals surface area (Å²) < 4.78 is 2.09. The van der Waals surface area contributed by atoms with Crippen LogP contribution in [0, 0.1) is 0 Å². The molecule has 0 aliphatic rings. The lowest BCUT2D eigenvalue weighted by Crippen LogP contribution is -2.06. The molecular formula is C20H20N4. The number of rotatable bonds is 4. The van der Waals surface area contributed by atoms with Gasteiger partial charge in [-0.05, 0) is 18.1 Å². The van der Waals surface area contributed by atoms with E-state index in [1.54, 1.807) is 0 Å². The number of nitrogens with two attached hydrogens (primary N) is 1. The van der Waals surface area contributed by atoms with Gasteiger partial charge in [0.2, 0.25) is 0 Å². The van der Waals surface area contributed by atoms with Crippen molar-refractivity contribution in [2.24, 2.45) is 0 Å². The van der Waals surface area contributed by atoms with Gasteiger partial charge in [0, 0.05) is 16.5 Å². The molecule has 4 nitrogen and oxygen atoms in total. The SMILES string of the molecule is CCCc1c2c(nn1Cc1ccccc1)c(N)nc1ccccc12. The zero-order valence-corrected chi connectivity index (χ0v) is 13.7. The normalized spacial score (nSPS) is 11.4. The van der Waals surface area contributed by atoms with Crippen molar-refractivity contribution in [2.75, 3.05) is 5.73 Å². The molecule has 0 fully saturated rings. The maximum Gasteiger partial charge on any atom is 0.152 e. The number of aryl methyl sites for hydroxylation is 1. The van der Waals surface area contributed by atoms with Gasteiger partial charge >= 0.3 is 0 Å². The molecule has 2 N–H and O–H groups in total. The first-order valence-corrected chi connectivity index (χ1v) is 8.35. The second-order valence-electron chi connectivity index (χ2n) is 6.08. The van der Waals surface area contributed by atoms with Gasteiger partial charge in [0.05, 0.1) is 12.1 Å². The number of nitrogens with zero attached hydrogens (tertiary/aromatic N) is 3. The van der Waals surface area contributed by atoms with Gasteiger partial charge in [-0.3, -0.25) is 4.68 Å². The van der Waals surface area contributed by atoms with Crippen molar-refractivity contribution in [3.8, 4) is 0 Å². The second-order valence-corrected chi connectivity index (χ2v) is 6.08. The lowest BCUT2D eigenvalue weighted by Gasteiger charge is -2.08. The van der Waals surface area contributed by atoms with Gasteiger partial charge in [0.15, 0.2) is 5.82 Å². The van der Waals surface area contributed by atoms with E-state index in [4.69, 9.17) is 10.8 Å². The fourth-order valence-corrected chi connectivity index (χ4v) is 3.30. The van der Waals surface area contributed by atoms with Crippen molar-refractivity contribution in [1.82, 2.24) is 14.8 Å². The number of pyridine rings is 1. The van der Waals surface area contributed by atoms with Crippen LogP contribution in [0.2, 0.25) is 0 Å². The summed E-state index contributed by atoms with van der Waals surface area (Å²) in [4.78, 5) is 4.53. The lowest BCUT2D eigenvalue weighted by atomic mass is 10.1. The summed E-state index contributed by atoms with van der Waals surface area (Å²) >= 11 is 0. The first kappa shape index (κ1) is 14.7. The van der Waals surface area contributed by atoms with Gasteiger partial charge in [-0.25, -0.2) is 4.98 Å². The lowest BCUT2D eigenvalue weighted by molar-refractivity contribution is 0.645. The summed E-state index contributed by atoms with van der Waals surface area (Å²) in [7, 11) is 0. The summed E-state index contributed by atoms with van der Waals surface area (Å²) in [5, 5.41) is 7.08. The minimum atomic E-state index is 0.507. The van der Waals surface area contributed by atoms with Crippen LogP contribution in [0.1, 0.15) is 24.6 Å². The van der Waals surface area contributed by atoms with Crippen molar-refractivity contribution < 1.29 is 0 Å². The predicted octanol–water partition coefficient (Wildman–Crippen LogP) is 4.17. The zero-order chi connectivity index (χ0) is 16.5. The average molecular weight is 316 g/mol. The minimum absolute atomic E-state index is 0.507. The van der Waals surface area contributed by atoms with Crippen LogP contribution in [-0.4, -0.2) is 14.8 Å². The highest BCUT2D eigenvalue weighted by molar-refractivity contribution is 6.09. The van der Waals surface area contributed by atoms with Gasteiger partial charge in [-0.1, -0.05) is 61.9 Å². The van der Waals surface area contributed by atoms with Gasteiger partial charge in [-0.15, -0.1) is 0 Å². The smallest absolute Gasteiger partial charge is 0.152 e. The van der Waals surface area contributed by atoms with Gasteiger partial charge in [0.25, 0.3) is 0 Å². The number of fused-ring (bicyclic) bond motifs is 3.